The van der Waals surface area contributed by atoms with E-state index in [1.165, 1.54) is 0 Å². The summed E-state index contributed by atoms with van der Waals surface area (Å²) in [5.74, 6) is 0.629. The van der Waals surface area contributed by atoms with Crippen LogP contribution in [0.25, 0.3) is 0 Å². The third-order valence-corrected chi connectivity index (χ3v) is 2.16. The lowest BCUT2D eigenvalue weighted by molar-refractivity contribution is 0.0954. The van der Waals surface area contributed by atoms with Crippen LogP contribution in [0.3, 0.4) is 0 Å². The summed E-state index contributed by atoms with van der Waals surface area (Å²) < 4.78 is 5.06. The summed E-state index contributed by atoms with van der Waals surface area (Å²) >= 11 is 0. The molecule has 1 rings (SSSR count). The van der Waals surface area contributed by atoms with Crippen LogP contribution in [0.15, 0.2) is 36.4 Å². The Morgan fingerprint density at radius 2 is 2.31 bits per heavy atom. The van der Waals surface area contributed by atoms with Gasteiger partial charge in [-0.15, -0.1) is 0 Å². The number of carbonyl (C=O) groups excluding carboxylic acids is 1. The van der Waals surface area contributed by atoms with Gasteiger partial charge in [-0.2, -0.15) is 0 Å². The van der Waals surface area contributed by atoms with Gasteiger partial charge in [0.2, 0.25) is 0 Å². The standard InChI is InChI=1S/C13H17NO2/c1-3-4-5-9-14-13(15)11-7-6-8-12(10-11)16-2/h3-4,6-8,10H,5,9H2,1-2H3,(H,14,15)/b4-3+. The van der Waals surface area contributed by atoms with Gasteiger partial charge in [0.15, 0.2) is 0 Å². The van der Waals surface area contributed by atoms with Crippen LogP contribution in [0.2, 0.25) is 0 Å². The zero-order chi connectivity index (χ0) is 11.8. The van der Waals surface area contributed by atoms with Crippen LogP contribution in [0.5, 0.6) is 5.75 Å². The van der Waals surface area contributed by atoms with Crippen molar-refractivity contribution in [2.24, 2.45) is 0 Å². The fourth-order valence-electron chi connectivity index (χ4n) is 1.30. The van der Waals surface area contributed by atoms with Crippen LogP contribution in [0.4, 0.5) is 0 Å². The first-order chi connectivity index (χ1) is 7.77. The smallest absolute Gasteiger partial charge is 0.251 e. The molecule has 0 atom stereocenters. The SMILES string of the molecule is C/C=C/CCNC(=O)c1cccc(OC)c1. The fourth-order valence-corrected chi connectivity index (χ4v) is 1.30. The van der Waals surface area contributed by atoms with E-state index in [4.69, 9.17) is 4.74 Å². The quantitative estimate of drug-likeness (QED) is 0.610. The monoisotopic (exact) mass is 219 g/mol. The number of allylic oxidation sites excluding steroid dienone is 1. The van der Waals surface area contributed by atoms with Gasteiger partial charge >= 0.3 is 0 Å². The van der Waals surface area contributed by atoms with E-state index >= 15 is 0 Å². The van der Waals surface area contributed by atoms with Gasteiger partial charge in [0.1, 0.15) is 5.75 Å². The van der Waals surface area contributed by atoms with Crippen molar-refractivity contribution < 1.29 is 9.53 Å². The third kappa shape index (κ3) is 3.77. The highest BCUT2D eigenvalue weighted by molar-refractivity contribution is 5.94. The molecule has 3 nitrogen and oxygen atoms in total. The second-order valence-corrected chi connectivity index (χ2v) is 3.35. The van der Waals surface area contributed by atoms with Gasteiger partial charge in [0, 0.05) is 12.1 Å². The van der Waals surface area contributed by atoms with Gasteiger partial charge in [-0.05, 0) is 31.5 Å². The van der Waals surface area contributed by atoms with Gasteiger partial charge in [-0.1, -0.05) is 18.2 Å². The van der Waals surface area contributed by atoms with Crippen molar-refractivity contribution in [3.8, 4) is 5.75 Å². The van der Waals surface area contributed by atoms with E-state index in [0.717, 1.165) is 6.42 Å². The number of benzene rings is 1. The molecule has 16 heavy (non-hydrogen) atoms. The maximum absolute atomic E-state index is 11.7. The minimum Gasteiger partial charge on any atom is -0.497 e. The van der Waals surface area contributed by atoms with Crippen molar-refractivity contribution in [2.75, 3.05) is 13.7 Å². The van der Waals surface area contributed by atoms with E-state index in [-0.39, 0.29) is 5.91 Å². The Morgan fingerprint density at radius 1 is 1.50 bits per heavy atom. The molecule has 0 aliphatic carbocycles. The van der Waals surface area contributed by atoms with Crippen LogP contribution in [0.1, 0.15) is 23.7 Å². The van der Waals surface area contributed by atoms with Crippen molar-refractivity contribution >= 4 is 5.91 Å². The van der Waals surface area contributed by atoms with Gasteiger partial charge < -0.3 is 10.1 Å². The zero-order valence-electron chi connectivity index (χ0n) is 9.69. The fraction of sp³-hybridized carbons (Fsp3) is 0.308. The highest BCUT2D eigenvalue weighted by Crippen LogP contribution is 2.12. The molecule has 0 saturated carbocycles. The topological polar surface area (TPSA) is 38.3 Å². The lowest BCUT2D eigenvalue weighted by Crippen LogP contribution is -2.24. The van der Waals surface area contributed by atoms with Crippen molar-refractivity contribution in [2.45, 2.75) is 13.3 Å². The summed E-state index contributed by atoms with van der Waals surface area (Å²) in [4.78, 5) is 11.7. The molecule has 0 aromatic heterocycles. The molecule has 0 bridgehead atoms. The largest absolute Gasteiger partial charge is 0.497 e. The van der Waals surface area contributed by atoms with E-state index in [9.17, 15) is 4.79 Å². The van der Waals surface area contributed by atoms with Crippen molar-refractivity contribution in [3.63, 3.8) is 0 Å². The normalized spacial score (nSPS) is 10.4. The second kappa shape index (κ2) is 6.67. The number of methoxy groups -OCH3 is 1. The van der Waals surface area contributed by atoms with Crippen LogP contribution in [0, 0.1) is 0 Å². The Hall–Kier alpha value is -1.77. The summed E-state index contributed by atoms with van der Waals surface area (Å²) in [5.41, 5.74) is 0.625. The highest BCUT2D eigenvalue weighted by Gasteiger charge is 2.04. The number of amides is 1. The molecule has 0 spiro atoms. The molecule has 1 aromatic carbocycles. The third-order valence-electron chi connectivity index (χ3n) is 2.16. The maximum Gasteiger partial charge on any atom is 0.251 e. The molecule has 86 valence electrons. The molecule has 1 N–H and O–H groups in total. The predicted molar refractivity (Wildman–Crippen MR) is 64.8 cm³/mol. The Kier molecular flexibility index (Phi) is 5.12. The number of carbonyl (C=O) groups is 1. The Labute approximate surface area is 96.1 Å². The van der Waals surface area contributed by atoms with Gasteiger partial charge in [0.25, 0.3) is 5.91 Å². The molecular formula is C13H17NO2. The summed E-state index contributed by atoms with van der Waals surface area (Å²) in [6.07, 6.45) is 4.84. The number of hydrogen-bond donors (Lipinski definition) is 1. The van der Waals surface area contributed by atoms with Crippen LogP contribution in [-0.2, 0) is 0 Å². The van der Waals surface area contributed by atoms with Crippen molar-refractivity contribution in [1.29, 1.82) is 0 Å². The van der Waals surface area contributed by atoms with E-state index < -0.39 is 0 Å². The molecule has 0 saturated heterocycles. The zero-order valence-corrected chi connectivity index (χ0v) is 9.69. The Balaban J connectivity index is 2.52. The first-order valence-corrected chi connectivity index (χ1v) is 5.31. The predicted octanol–water partition coefficient (Wildman–Crippen LogP) is 2.39. The first-order valence-electron chi connectivity index (χ1n) is 5.31. The summed E-state index contributed by atoms with van der Waals surface area (Å²) in [7, 11) is 1.59. The van der Waals surface area contributed by atoms with Gasteiger partial charge in [0.05, 0.1) is 7.11 Å². The molecule has 1 amide bonds. The maximum atomic E-state index is 11.7. The number of nitrogens with one attached hydrogen (secondary N) is 1. The highest BCUT2D eigenvalue weighted by atomic mass is 16.5. The van der Waals surface area contributed by atoms with Crippen LogP contribution < -0.4 is 10.1 Å². The second-order valence-electron chi connectivity index (χ2n) is 3.35. The van der Waals surface area contributed by atoms with E-state index in [2.05, 4.69) is 5.32 Å². The Bertz CT molecular complexity index is 372. The lowest BCUT2D eigenvalue weighted by atomic mass is 10.2. The number of rotatable bonds is 5. The molecular weight excluding hydrogens is 202 g/mol. The molecule has 0 radical (unpaired) electrons. The first kappa shape index (κ1) is 12.3. The minimum absolute atomic E-state index is 0.0663. The van der Waals surface area contributed by atoms with E-state index in [1.54, 1.807) is 25.3 Å². The summed E-state index contributed by atoms with van der Waals surface area (Å²) in [6.45, 7) is 2.62. The summed E-state index contributed by atoms with van der Waals surface area (Å²) in [6, 6.07) is 7.12. The van der Waals surface area contributed by atoms with E-state index in [0.29, 0.717) is 17.9 Å². The molecule has 0 fully saturated rings. The lowest BCUT2D eigenvalue weighted by Gasteiger charge is -2.05. The molecule has 1 aromatic rings. The molecule has 0 unspecified atom stereocenters. The average Bonchev–Trinajstić information content (AvgIpc) is 2.34. The minimum atomic E-state index is -0.0663. The summed E-state index contributed by atoms with van der Waals surface area (Å²) in [5, 5.41) is 2.84. The number of ether oxygens (including phenoxy) is 1. The van der Waals surface area contributed by atoms with Gasteiger partial charge in [-0.3, -0.25) is 4.79 Å². The van der Waals surface area contributed by atoms with Crippen LogP contribution >= 0.6 is 0 Å². The van der Waals surface area contributed by atoms with Crippen molar-refractivity contribution in [3.05, 3.63) is 42.0 Å². The molecule has 0 aliphatic rings. The molecule has 3 heteroatoms. The average molecular weight is 219 g/mol. The van der Waals surface area contributed by atoms with Crippen molar-refractivity contribution in [1.82, 2.24) is 5.32 Å². The van der Waals surface area contributed by atoms with Gasteiger partial charge in [-0.25, -0.2) is 0 Å². The van der Waals surface area contributed by atoms with Crippen LogP contribution in [-0.4, -0.2) is 19.6 Å². The van der Waals surface area contributed by atoms with E-state index in [1.807, 2.05) is 25.1 Å². The Morgan fingerprint density at radius 3 is 3.00 bits per heavy atom. The molecule has 0 heterocycles. The number of hydrogen-bond acceptors (Lipinski definition) is 2. The molecule has 0 aliphatic heterocycles.